The Hall–Kier alpha value is -2.25. The lowest BCUT2D eigenvalue weighted by Gasteiger charge is -2.03. The maximum atomic E-state index is 12.3. The molecule has 1 amide bonds. The maximum absolute atomic E-state index is 12.3. The van der Waals surface area contributed by atoms with Crippen molar-refractivity contribution in [3.05, 3.63) is 59.8 Å². The number of carbonyl (C=O) groups is 1. The molecule has 0 saturated carbocycles. The highest BCUT2D eigenvalue weighted by molar-refractivity contribution is 7.98. The van der Waals surface area contributed by atoms with Gasteiger partial charge < -0.3 is 0 Å². The van der Waals surface area contributed by atoms with Crippen LogP contribution in [0.15, 0.2) is 48.7 Å². The van der Waals surface area contributed by atoms with E-state index in [0.717, 1.165) is 17.2 Å². The Morgan fingerprint density at radius 1 is 1.17 bits per heavy atom. The van der Waals surface area contributed by atoms with E-state index in [1.165, 1.54) is 16.9 Å². The van der Waals surface area contributed by atoms with Crippen molar-refractivity contribution in [1.82, 2.24) is 15.2 Å². The van der Waals surface area contributed by atoms with E-state index in [1.807, 2.05) is 54.2 Å². The molecule has 122 valence electrons. The highest BCUT2D eigenvalue weighted by Crippen LogP contribution is 2.24. The third-order valence-corrected chi connectivity index (χ3v) is 5.03. The third kappa shape index (κ3) is 4.18. The number of nitrogens with zero attached hydrogens (tertiary/aromatic N) is 3. The number of nitrogens with one attached hydrogen (secondary N) is 1. The lowest BCUT2D eigenvalue weighted by Crippen LogP contribution is -2.11. The number of amides is 1. The van der Waals surface area contributed by atoms with Gasteiger partial charge in [-0.05, 0) is 35.6 Å². The minimum absolute atomic E-state index is 0.187. The highest BCUT2D eigenvalue weighted by atomic mass is 32.2. The van der Waals surface area contributed by atoms with E-state index in [-0.39, 0.29) is 5.91 Å². The van der Waals surface area contributed by atoms with E-state index < -0.39 is 0 Å². The molecular formula is C17H16N4OS2. The number of rotatable bonds is 6. The maximum Gasteiger partial charge on any atom is 0.257 e. The second-order valence-electron chi connectivity index (χ2n) is 4.92. The predicted octanol–water partition coefficient (Wildman–Crippen LogP) is 4.11. The number of hydrogen-bond donors (Lipinski definition) is 1. The van der Waals surface area contributed by atoms with Gasteiger partial charge in [0.25, 0.3) is 5.91 Å². The van der Waals surface area contributed by atoms with Crippen molar-refractivity contribution in [2.45, 2.75) is 12.7 Å². The number of pyridine rings is 1. The molecule has 1 aromatic carbocycles. The Bertz CT molecular complexity index is 803. The van der Waals surface area contributed by atoms with Crippen molar-refractivity contribution in [2.24, 2.45) is 0 Å². The number of anilines is 1. The first kappa shape index (κ1) is 16.6. The second kappa shape index (κ2) is 8.03. The largest absolute Gasteiger partial charge is 0.296 e. The van der Waals surface area contributed by atoms with Crippen LogP contribution in [0.3, 0.4) is 0 Å². The molecule has 0 aliphatic rings. The van der Waals surface area contributed by atoms with Crippen molar-refractivity contribution < 1.29 is 4.79 Å². The smallest absolute Gasteiger partial charge is 0.257 e. The number of thioether (sulfide) groups is 1. The summed E-state index contributed by atoms with van der Waals surface area (Å²) in [6.45, 7) is 2.13. The summed E-state index contributed by atoms with van der Waals surface area (Å²) in [5, 5.41) is 12.0. The summed E-state index contributed by atoms with van der Waals surface area (Å²) in [6, 6.07) is 13.2. The minimum Gasteiger partial charge on any atom is -0.296 e. The molecule has 7 heteroatoms. The van der Waals surface area contributed by atoms with E-state index in [9.17, 15) is 4.79 Å². The van der Waals surface area contributed by atoms with Gasteiger partial charge in [-0.1, -0.05) is 36.5 Å². The number of benzene rings is 1. The molecule has 0 unspecified atom stereocenters. The van der Waals surface area contributed by atoms with Crippen molar-refractivity contribution in [1.29, 1.82) is 0 Å². The summed E-state index contributed by atoms with van der Waals surface area (Å²) >= 11 is 3.16. The molecule has 0 aliphatic heterocycles. The van der Waals surface area contributed by atoms with Crippen LogP contribution in [0.5, 0.6) is 0 Å². The Labute approximate surface area is 148 Å². The van der Waals surface area contributed by atoms with Crippen LogP contribution in [0.25, 0.3) is 10.7 Å². The molecule has 0 spiro atoms. The van der Waals surface area contributed by atoms with Crippen molar-refractivity contribution >= 4 is 34.1 Å². The first-order valence-electron chi connectivity index (χ1n) is 7.49. The van der Waals surface area contributed by atoms with Gasteiger partial charge in [-0.2, -0.15) is 11.8 Å². The molecule has 3 aromatic rings. The molecule has 5 nitrogen and oxygen atoms in total. The first-order chi connectivity index (χ1) is 11.8. The lowest BCUT2D eigenvalue weighted by molar-refractivity contribution is 0.102. The zero-order valence-corrected chi connectivity index (χ0v) is 14.7. The molecule has 0 aliphatic carbocycles. The molecule has 24 heavy (non-hydrogen) atoms. The highest BCUT2D eigenvalue weighted by Gasteiger charge is 2.11. The normalized spacial score (nSPS) is 10.5. The number of hydrogen-bond acceptors (Lipinski definition) is 6. The number of aromatic nitrogens is 3. The average Bonchev–Trinajstić information content (AvgIpc) is 3.09. The standard InChI is InChI=1S/C17H16N4OS2/c1-2-23-11-12-6-8-13(9-7-12)15(22)19-17-21-20-16(24-17)14-5-3-4-10-18-14/h3-10H,2,11H2,1H3,(H,19,21,22). The van der Waals surface area contributed by atoms with Gasteiger partial charge in [0.1, 0.15) is 5.69 Å². The summed E-state index contributed by atoms with van der Waals surface area (Å²) in [7, 11) is 0. The van der Waals surface area contributed by atoms with E-state index in [2.05, 4.69) is 27.4 Å². The topological polar surface area (TPSA) is 67.8 Å². The van der Waals surface area contributed by atoms with Gasteiger partial charge in [0.05, 0.1) is 0 Å². The molecule has 0 bridgehead atoms. The van der Waals surface area contributed by atoms with Crippen LogP contribution in [-0.4, -0.2) is 26.8 Å². The first-order valence-corrected chi connectivity index (χ1v) is 9.46. The Morgan fingerprint density at radius 2 is 2.00 bits per heavy atom. The Morgan fingerprint density at radius 3 is 2.71 bits per heavy atom. The second-order valence-corrected chi connectivity index (χ2v) is 7.17. The van der Waals surface area contributed by atoms with Crippen LogP contribution >= 0.6 is 23.1 Å². The zero-order chi connectivity index (χ0) is 16.8. The minimum atomic E-state index is -0.187. The summed E-state index contributed by atoms with van der Waals surface area (Å²) < 4.78 is 0. The van der Waals surface area contributed by atoms with Crippen molar-refractivity contribution in [3.63, 3.8) is 0 Å². The van der Waals surface area contributed by atoms with Gasteiger partial charge in [-0.3, -0.25) is 15.1 Å². The van der Waals surface area contributed by atoms with Gasteiger partial charge in [-0.25, -0.2) is 0 Å². The summed E-state index contributed by atoms with van der Waals surface area (Å²) in [5.41, 5.74) is 2.56. The average molecular weight is 356 g/mol. The molecule has 2 aromatic heterocycles. The van der Waals surface area contributed by atoms with Gasteiger partial charge in [0, 0.05) is 17.5 Å². The molecule has 0 radical (unpaired) electrons. The van der Waals surface area contributed by atoms with Crippen LogP contribution < -0.4 is 5.32 Å². The SMILES string of the molecule is CCSCc1ccc(C(=O)Nc2nnc(-c3ccccn3)s2)cc1. The zero-order valence-electron chi connectivity index (χ0n) is 13.1. The molecular weight excluding hydrogens is 340 g/mol. The van der Waals surface area contributed by atoms with E-state index >= 15 is 0 Å². The van der Waals surface area contributed by atoms with Crippen LogP contribution in [0.2, 0.25) is 0 Å². The summed E-state index contributed by atoms with van der Waals surface area (Å²) in [6.07, 6.45) is 1.70. The van der Waals surface area contributed by atoms with E-state index in [4.69, 9.17) is 0 Å². The van der Waals surface area contributed by atoms with Crippen molar-refractivity contribution in [3.8, 4) is 10.7 Å². The predicted molar refractivity (Wildman–Crippen MR) is 99.4 cm³/mol. The van der Waals surface area contributed by atoms with Gasteiger partial charge in [-0.15, -0.1) is 10.2 Å². The lowest BCUT2D eigenvalue weighted by atomic mass is 10.1. The molecule has 0 saturated heterocycles. The molecule has 2 heterocycles. The summed E-state index contributed by atoms with van der Waals surface area (Å²) in [4.78, 5) is 16.5. The third-order valence-electron chi connectivity index (χ3n) is 3.22. The van der Waals surface area contributed by atoms with Crippen LogP contribution in [-0.2, 0) is 5.75 Å². The Balaban J connectivity index is 1.66. The van der Waals surface area contributed by atoms with Gasteiger partial charge >= 0.3 is 0 Å². The monoisotopic (exact) mass is 356 g/mol. The fourth-order valence-electron chi connectivity index (χ4n) is 2.01. The van der Waals surface area contributed by atoms with Gasteiger partial charge in [0.15, 0.2) is 5.01 Å². The van der Waals surface area contributed by atoms with Crippen LogP contribution in [0.1, 0.15) is 22.8 Å². The van der Waals surface area contributed by atoms with Crippen LogP contribution in [0.4, 0.5) is 5.13 Å². The molecule has 0 fully saturated rings. The fraction of sp³-hybridized carbons (Fsp3) is 0.176. The quantitative estimate of drug-likeness (QED) is 0.720. The van der Waals surface area contributed by atoms with Crippen molar-refractivity contribution in [2.75, 3.05) is 11.1 Å². The van der Waals surface area contributed by atoms with Gasteiger partial charge in [0.2, 0.25) is 5.13 Å². The fourth-order valence-corrected chi connectivity index (χ4v) is 3.36. The van der Waals surface area contributed by atoms with Crippen LogP contribution in [0, 0.1) is 0 Å². The number of carbonyl (C=O) groups excluding carboxylic acids is 1. The molecule has 0 atom stereocenters. The molecule has 1 N–H and O–H groups in total. The van der Waals surface area contributed by atoms with E-state index in [1.54, 1.807) is 6.20 Å². The van der Waals surface area contributed by atoms with E-state index in [0.29, 0.717) is 15.7 Å². The molecule has 3 rings (SSSR count). The summed E-state index contributed by atoms with van der Waals surface area (Å²) in [5.74, 6) is 1.86. The Kier molecular flexibility index (Phi) is 5.55.